The first-order chi connectivity index (χ1) is 18.9. The molecule has 0 saturated carbocycles. The second-order valence-corrected chi connectivity index (χ2v) is 11.1. The lowest BCUT2D eigenvalue weighted by atomic mass is 9.76. The third kappa shape index (κ3) is 3.71. The van der Waals surface area contributed by atoms with Crippen molar-refractivity contribution >= 4 is 57.6 Å². The Morgan fingerprint density at radius 3 is 2.49 bits per heavy atom. The molecule has 9 heteroatoms. The summed E-state index contributed by atoms with van der Waals surface area (Å²) in [6, 6.07) is 20.0. The van der Waals surface area contributed by atoms with Gasteiger partial charge >= 0.3 is 5.97 Å². The number of fused-ring (bicyclic) bond motifs is 5. The average molecular weight is 544 g/mol. The molecule has 4 atom stereocenters. The maximum Gasteiger partial charge on any atom is 0.326 e. The van der Waals surface area contributed by atoms with Crippen molar-refractivity contribution in [2.75, 3.05) is 35.0 Å². The summed E-state index contributed by atoms with van der Waals surface area (Å²) in [5.74, 6) is -2.54. The molecule has 200 valence electrons. The standard InChI is InChI=1S/C30H29N3O5S/c1-3-38-24(34)17-32-23-13-7-6-12-20(23)30(29(32)37)26-25(21(31-30)15-16-39-2)27(35)33(28(26)36)22-14-8-10-18-9-4-5-11-19(18)22/h4-14,21,25-26,31H,3,15-17H2,1-2H3/t21-,25+,26+,30-/m0/s1. The minimum Gasteiger partial charge on any atom is -0.465 e. The van der Waals surface area contributed by atoms with Crippen molar-refractivity contribution in [3.05, 3.63) is 72.3 Å². The number of amides is 3. The van der Waals surface area contributed by atoms with Crippen LogP contribution < -0.4 is 15.1 Å². The SMILES string of the molecule is CCOC(=O)CN1C(=O)[C@]2(N[C@@H](CCSC)[C@H]3C(=O)N(c4cccc5ccccc45)C(=O)[C@@H]32)c2ccccc21. The summed E-state index contributed by atoms with van der Waals surface area (Å²) < 4.78 is 5.15. The lowest BCUT2D eigenvalue weighted by Crippen LogP contribution is -2.55. The Hall–Kier alpha value is -3.69. The Kier molecular flexibility index (Phi) is 6.43. The molecule has 1 N–H and O–H groups in total. The Bertz CT molecular complexity index is 1500. The molecule has 8 nitrogen and oxygen atoms in total. The third-order valence-corrected chi connectivity index (χ3v) is 8.74. The smallest absolute Gasteiger partial charge is 0.326 e. The fourth-order valence-electron chi connectivity index (χ4n) is 6.57. The van der Waals surface area contributed by atoms with Gasteiger partial charge in [-0.25, -0.2) is 4.90 Å². The fraction of sp³-hybridized carbons (Fsp3) is 0.333. The Balaban J connectivity index is 1.50. The minimum absolute atomic E-state index is 0.195. The quantitative estimate of drug-likeness (QED) is 0.360. The molecule has 3 aromatic rings. The van der Waals surface area contributed by atoms with Gasteiger partial charge in [-0.15, -0.1) is 0 Å². The number of imide groups is 1. The number of benzene rings is 3. The molecule has 0 radical (unpaired) electrons. The van der Waals surface area contributed by atoms with Gasteiger partial charge < -0.3 is 4.74 Å². The molecule has 2 fully saturated rings. The van der Waals surface area contributed by atoms with E-state index in [1.54, 1.807) is 36.9 Å². The van der Waals surface area contributed by atoms with E-state index in [9.17, 15) is 19.2 Å². The number of rotatable bonds is 7. The van der Waals surface area contributed by atoms with Crippen molar-refractivity contribution < 1.29 is 23.9 Å². The normalized spacial score (nSPS) is 25.6. The van der Waals surface area contributed by atoms with Crippen LogP contribution in [0.25, 0.3) is 10.8 Å². The van der Waals surface area contributed by atoms with Crippen LogP contribution in [0.2, 0.25) is 0 Å². The Morgan fingerprint density at radius 2 is 1.69 bits per heavy atom. The number of hydrogen-bond donors (Lipinski definition) is 1. The molecule has 3 aliphatic rings. The van der Waals surface area contributed by atoms with Crippen LogP contribution in [0.15, 0.2) is 66.7 Å². The number of nitrogens with one attached hydrogen (secondary N) is 1. The molecular formula is C30H29N3O5S. The van der Waals surface area contributed by atoms with Gasteiger partial charge in [0.05, 0.1) is 24.1 Å². The highest BCUT2D eigenvalue weighted by atomic mass is 32.2. The van der Waals surface area contributed by atoms with E-state index in [-0.39, 0.29) is 19.1 Å². The van der Waals surface area contributed by atoms with Crippen LogP contribution in [0.3, 0.4) is 0 Å². The number of hydrogen-bond acceptors (Lipinski definition) is 7. The first-order valence-electron chi connectivity index (χ1n) is 13.1. The second kappa shape index (κ2) is 9.81. The maximum absolute atomic E-state index is 14.4. The van der Waals surface area contributed by atoms with E-state index >= 15 is 0 Å². The van der Waals surface area contributed by atoms with Crippen molar-refractivity contribution in [1.82, 2.24) is 5.32 Å². The Morgan fingerprint density at radius 1 is 0.974 bits per heavy atom. The van der Waals surface area contributed by atoms with Gasteiger partial charge in [0.2, 0.25) is 11.8 Å². The van der Waals surface area contributed by atoms with Crippen LogP contribution in [0.1, 0.15) is 18.9 Å². The lowest BCUT2D eigenvalue weighted by molar-refractivity contribution is -0.142. The first-order valence-corrected chi connectivity index (χ1v) is 14.5. The number of ether oxygens (including phenoxy) is 1. The summed E-state index contributed by atoms with van der Waals surface area (Å²) in [5, 5.41) is 5.21. The highest BCUT2D eigenvalue weighted by molar-refractivity contribution is 7.98. The summed E-state index contributed by atoms with van der Waals surface area (Å²) in [4.78, 5) is 58.1. The zero-order chi connectivity index (χ0) is 27.3. The van der Waals surface area contributed by atoms with Crippen molar-refractivity contribution in [3.8, 4) is 0 Å². The van der Waals surface area contributed by atoms with E-state index in [1.807, 2.05) is 54.8 Å². The van der Waals surface area contributed by atoms with Gasteiger partial charge in [0.15, 0.2) is 0 Å². The zero-order valence-corrected chi connectivity index (χ0v) is 22.6. The molecule has 0 aromatic heterocycles. The predicted octanol–water partition coefficient (Wildman–Crippen LogP) is 3.48. The average Bonchev–Trinajstić information content (AvgIpc) is 3.51. The van der Waals surface area contributed by atoms with Gasteiger partial charge in [0, 0.05) is 22.7 Å². The topological polar surface area (TPSA) is 96.0 Å². The highest BCUT2D eigenvalue weighted by Crippen LogP contribution is 2.55. The van der Waals surface area contributed by atoms with E-state index in [4.69, 9.17) is 4.74 Å². The van der Waals surface area contributed by atoms with Gasteiger partial charge in [0.25, 0.3) is 5.91 Å². The van der Waals surface area contributed by atoms with E-state index < -0.39 is 41.2 Å². The zero-order valence-electron chi connectivity index (χ0n) is 21.8. The molecule has 0 aliphatic carbocycles. The fourth-order valence-corrected chi connectivity index (χ4v) is 7.06. The van der Waals surface area contributed by atoms with Crippen LogP contribution >= 0.6 is 11.8 Å². The number of thioether (sulfide) groups is 1. The molecule has 6 rings (SSSR count). The molecule has 1 spiro atoms. The first kappa shape index (κ1) is 25.6. The number of esters is 1. The maximum atomic E-state index is 14.4. The largest absolute Gasteiger partial charge is 0.465 e. The van der Waals surface area contributed by atoms with Crippen molar-refractivity contribution in [2.45, 2.75) is 24.9 Å². The number of nitrogens with zero attached hydrogens (tertiary/aromatic N) is 2. The minimum atomic E-state index is -1.46. The van der Waals surface area contributed by atoms with Gasteiger partial charge in [-0.2, -0.15) is 11.8 Å². The molecule has 3 amide bonds. The predicted molar refractivity (Wildman–Crippen MR) is 150 cm³/mol. The van der Waals surface area contributed by atoms with Crippen LogP contribution in [-0.2, 0) is 29.5 Å². The molecule has 39 heavy (non-hydrogen) atoms. The monoisotopic (exact) mass is 543 g/mol. The van der Waals surface area contributed by atoms with E-state index in [2.05, 4.69) is 5.32 Å². The van der Waals surface area contributed by atoms with Crippen molar-refractivity contribution in [1.29, 1.82) is 0 Å². The van der Waals surface area contributed by atoms with Gasteiger partial charge in [-0.05, 0) is 42.9 Å². The highest BCUT2D eigenvalue weighted by Gasteiger charge is 2.71. The number of carbonyl (C=O) groups is 4. The van der Waals surface area contributed by atoms with Crippen molar-refractivity contribution in [2.24, 2.45) is 11.8 Å². The van der Waals surface area contributed by atoms with E-state index in [1.165, 1.54) is 9.80 Å². The van der Waals surface area contributed by atoms with Crippen LogP contribution in [0.5, 0.6) is 0 Å². The number of carbonyl (C=O) groups excluding carboxylic acids is 4. The lowest BCUT2D eigenvalue weighted by Gasteiger charge is -2.30. The molecule has 3 aliphatic heterocycles. The summed E-state index contributed by atoms with van der Waals surface area (Å²) >= 11 is 1.65. The van der Waals surface area contributed by atoms with Gasteiger partial charge in [-0.1, -0.05) is 54.6 Å². The van der Waals surface area contributed by atoms with Crippen LogP contribution in [-0.4, -0.2) is 54.9 Å². The Labute approximate surface area is 230 Å². The molecule has 0 bridgehead atoms. The molecular weight excluding hydrogens is 514 g/mol. The summed E-state index contributed by atoms with van der Waals surface area (Å²) in [7, 11) is 0. The number of para-hydroxylation sites is 1. The molecule has 3 aromatic carbocycles. The van der Waals surface area contributed by atoms with Gasteiger partial charge in [0.1, 0.15) is 12.1 Å². The van der Waals surface area contributed by atoms with Crippen molar-refractivity contribution in [3.63, 3.8) is 0 Å². The molecule has 2 saturated heterocycles. The third-order valence-electron chi connectivity index (χ3n) is 8.10. The van der Waals surface area contributed by atoms with Crippen LogP contribution in [0.4, 0.5) is 11.4 Å². The number of anilines is 2. The second-order valence-electron chi connectivity index (χ2n) is 10.1. The molecule has 3 heterocycles. The van der Waals surface area contributed by atoms with E-state index in [0.29, 0.717) is 23.4 Å². The molecule has 0 unspecified atom stereocenters. The summed E-state index contributed by atoms with van der Waals surface area (Å²) in [6.07, 6.45) is 2.60. The van der Waals surface area contributed by atoms with E-state index in [0.717, 1.165) is 16.5 Å². The summed E-state index contributed by atoms with van der Waals surface area (Å²) in [6.45, 7) is 1.64. The van der Waals surface area contributed by atoms with Crippen LogP contribution in [0, 0.1) is 11.8 Å². The van der Waals surface area contributed by atoms with Gasteiger partial charge in [-0.3, -0.25) is 29.4 Å². The summed E-state index contributed by atoms with van der Waals surface area (Å²) in [5.41, 5.74) is 0.236.